The molecule has 0 aromatic heterocycles. The molecule has 0 saturated carbocycles. The van der Waals surface area contributed by atoms with E-state index in [1.54, 1.807) is 37.3 Å². The molecule has 0 saturated heterocycles. The molecule has 1 heterocycles. The van der Waals surface area contributed by atoms with E-state index in [9.17, 15) is 22.8 Å². The number of carbonyl (C=O) groups excluding carboxylic acids is 2. The van der Waals surface area contributed by atoms with Crippen molar-refractivity contribution in [1.29, 1.82) is 0 Å². The first-order valence-corrected chi connectivity index (χ1v) is 11.7. The smallest absolute Gasteiger partial charge is 0.416 e. The molecule has 9 heteroatoms. The lowest BCUT2D eigenvalue weighted by Crippen LogP contribution is -2.39. The van der Waals surface area contributed by atoms with Crippen molar-refractivity contribution in [1.82, 2.24) is 5.32 Å². The Hall–Kier alpha value is -3.13. The van der Waals surface area contributed by atoms with Crippen LogP contribution in [0.3, 0.4) is 0 Å². The van der Waals surface area contributed by atoms with Gasteiger partial charge in [-0.05, 0) is 36.5 Å². The van der Waals surface area contributed by atoms with E-state index < -0.39 is 45.4 Å². The summed E-state index contributed by atoms with van der Waals surface area (Å²) in [6, 6.07) is 9.91. The van der Waals surface area contributed by atoms with Crippen molar-refractivity contribution in [3.63, 3.8) is 0 Å². The molecule has 4 nitrogen and oxygen atoms in total. The van der Waals surface area contributed by atoms with Crippen molar-refractivity contribution in [3.8, 4) is 0 Å². The summed E-state index contributed by atoms with van der Waals surface area (Å²) in [7, 11) is 0. The number of rotatable bonds is 4. The van der Waals surface area contributed by atoms with Crippen LogP contribution >= 0.6 is 11.6 Å². The van der Waals surface area contributed by atoms with E-state index in [1.807, 2.05) is 13.8 Å². The van der Waals surface area contributed by atoms with E-state index >= 15 is 4.39 Å². The Bertz CT molecular complexity index is 1300. The molecular formula is C27H24ClF4NO3. The van der Waals surface area contributed by atoms with E-state index in [-0.39, 0.29) is 35.7 Å². The number of nitrogens with one attached hydrogen (secondary N) is 1. The number of dihydropyridines is 1. The van der Waals surface area contributed by atoms with Crippen LogP contribution < -0.4 is 5.32 Å². The maximum absolute atomic E-state index is 15.4. The normalized spacial score (nSPS) is 19.7. The van der Waals surface area contributed by atoms with Crippen molar-refractivity contribution in [2.24, 2.45) is 5.41 Å². The summed E-state index contributed by atoms with van der Waals surface area (Å²) >= 11 is 5.88. The number of esters is 1. The van der Waals surface area contributed by atoms with Crippen molar-refractivity contribution >= 4 is 23.4 Å². The minimum atomic E-state index is -4.82. The molecule has 0 fully saturated rings. The van der Waals surface area contributed by atoms with Crippen LogP contribution in [-0.2, 0) is 27.1 Å². The number of carbonyl (C=O) groups is 2. The fourth-order valence-corrected chi connectivity index (χ4v) is 5.03. The molecule has 0 bridgehead atoms. The van der Waals surface area contributed by atoms with Crippen molar-refractivity contribution in [3.05, 3.63) is 92.5 Å². The van der Waals surface area contributed by atoms with Gasteiger partial charge in [0, 0.05) is 29.0 Å². The number of benzene rings is 2. The standard InChI is InChI=1S/C27H24ClF4NO3/c1-14-21(25(35)36-13-15-7-5-4-6-8-15)22(23-19(33-14)11-26(2,3)12-20(23)34)17-9-16(27(30,31)32)10-18(28)24(17)29/h4-10,22,33H,11-13H2,1-3H3. The fraction of sp³-hybridized carbons (Fsp3) is 0.333. The van der Waals surface area contributed by atoms with Crippen LogP contribution in [0.4, 0.5) is 17.6 Å². The molecular weight excluding hydrogens is 498 g/mol. The number of alkyl halides is 3. The van der Waals surface area contributed by atoms with Gasteiger partial charge in [0.15, 0.2) is 5.78 Å². The molecule has 1 N–H and O–H groups in total. The van der Waals surface area contributed by atoms with Gasteiger partial charge in [0.25, 0.3) is 0 Å². The molecule has 0 spiro atoms. The largest absolute Gasteiger partial charge is 0.457 e. The summed E-state index contributed by atoms with van der Waals surface area (Å²) in [6.07, 6.45) is -4.34. The minimum Gasteiger partial charge on any atom is -0.457 e. The SMILES string of the molecule is CC1=C(C(=O)OCc2ccccc2)C(c2cc(C(F)(F)F)cc(Cl)c2F)C2=C(CC(C)(C)CC2=O)N1. The minimum absolute atomic E-state index is 0.0564. The van der Waals surface area contributed by atoms with Gasteiger partial charge >= 0.3 is 12.1 Å². The Morgan fingerprint density at radius 2 is 1.83 bits per heavy atom. The second kappa shape index (κ2) is 9.39. The molecule has 4 rings (SSSR count). The lowest BCUT2D eigenvalue weighted by atomic mass is 9.68. The van der Waals surface area contributed by atoms with Gasteiger partial charge in [-0.2, -0.15) is 13.2 Å². The van der Waals surface area contributed by atoms with Gasteiger partial charge in [0.2, 0.25) is 0 Å². The molecule has 2 aromatic carbocycles. The summed E-state index contributed by atoms with van der Waals surface area (Å²) in [5, 5.41) is 2.32. The lowest BCUT2D eigenvalue weighted by Gasteiger charge is -2.39. The van der Waals surface area contributed by atoms with Gasteiger partial charge in [0.1, 0.15) is 12.4 Å². The van der Waals surface area contributed by atoms with Crippen LogP contribution in [-0.4, -0.2) is 11.8 Å². The molecule has 2 aliphatic rings. The second-order valence-corrected chi connectivity index (χ2v) is 10.3. The Balaban J connectivity index is 1.86. The molecule has 2 aromatic rings. The quantitative estimate of drug-likeness (QED) is 0.353. The van der Waals surface area contributed by atoms with Crippen LogP contribution in [0.25, 0.3) is 0 Å². The summed E-state index contributed by atoms with van der Waals surface area (Å²) in [5.41, 5.74) is -0.767. The third-order valence-corrected chi connectivity index (χ3v) is 6.64. The van der Waals surface area contributed by atoms with E-state index in [2.05, 4.69) is 5.32 Å². The van der Waals surface area contributed by atoms with E-state index in [4.69, 9.17) is 16.3 Å². The first-order valence-electron chi connectivity index (χ1n) is 11.3. The number of allylic oxidation sites excluding steroid dienone is 3. The number of hydrogen-bond donors (Lipinski definition) is 1. The van der Waals surface area contributed by atoms with Crippen LogP contribution in [0.15, 0.2) is 65.0 Å². The van der Waals surface area contributed by atoms with Gasteiger partial charge in [-0.15, -0.1) is 0 Å². The highest BCUT2D eigenvalue weighted by Crippen LogP contribution is 2.48. The molecule has 1 aliphatic carbocycles. The molecule has 1 atom stereocenters. The average Bonchev–Trinajstić information content (AvgIpc) is 2.77. The number of hydrogen-bond acceptors (Lipinski definition) is 4. The molecule has 190 valence electrons. The summed E-state index contributed by atoms with van der Waals surface area (Å²) < 4.78 is 61.7. The molecule has 36 heavy (non-hydrogen) atoms. The number of halogens is 5. The summed E-state index contributed by atoms with van der Waals surface area (Å²) in [6.45, 7) is 5.21. The third-order valence-electron chi connectivity index (χ3n) is 6.37. The predicted octanol–water partition coefficient (Wildman–Crippen LogP) is 6.85. The number of ketones is 1. The van der Waals surface area contributed by atoms with Crippen molar-refractivity contribution < 1.29 is 31.9 Å². The van der Waals surface area contributed by atoms with Gasteiger partial charge < -0.3 is 10.1 Å². The zero-order valence-corrected chi connectivity index (χ0v) is 20.6. The molecule has 0 amide bonds. The van der Waals surface area contributed by atoms with Crippen molar-refractivity contribution in [2.75, 3.05) is 0 Å². The van der Waals surface area contributed by atoms with Gasteiger partial charge in [0.05, 0.1) is 22.1 Å². The summed E-state index contributed by atoms with van der Waals surface area (Å²) in [4.78, 5) is 26.6. The van der Waals surface area contributed by atoms with Crippen molar-refractivity contribution in [2.45, 2.75) is 52.3 Å². The summed E-state index contributed by atoms with van der Waals surface area (Å²) in [5.74, 6) is -3.78. The molecule has 1 aliphatic heterocycles. The van der Waals surface area contributed by atoms with E-state index in [0.29, 0.717) is 29.8 Å². The first kappa shape index (κ1) is 25.9. The van der Waals surface area contributed by atoms with Crippen LogP contribution in [0, 0.1) is 11.2 Å². The zero-order valence-electron chi connectivity index (χ0n) is 19.9. The van der Waals surface area contributed by atoms with Crippen LogP contribution in [0.5, 0.6) is 0 Å². The van der Waals surface area contributed by atoms with Gasteiger partial charge in [-0.1, -0.05) is 55.8 Å². The van der Waals surface area contributed by atoms with Gasteiger partial charge in [-0.3, -0.25) is 4.79 Å². The second-order valence-electron chi connectivity index (χ2n) is 9.85. The number of ether oxygens (including phenoxy) is 1. The van der Waals surface area contributed by atoms with Crippen LogP contribution in [0.2, 0.25) is 5.02 Å². The highest BCUT2D eigenvalue weighted by Gasteiger charge is 2.45. The zero-order chi connectivity index (χ0) is 26.4. The number of Topliss-reactive ketones (excluding diaryl/α,β-unsaturated/α-hetero) is 1. The fourth-order valence-electron chi connectivity index (χ4n) is 4.80. The Morgan fingerprint density at radius 1 is 1.17 bits per heavy atom. The predicted molar refractivity (Wildman–Crippen MR) is 126 cm³/mol. The monoisotopic (exact) mass is 521 g/mol. The first-order chi connectivity index (χ1) is 16.8. The highest BCUT2D eigenvalue weighted by atomic mass is 35.5. The maximum Gasteiger partial charge on any atom is 0.416 e. The Morgan fingerprint density at radius 3 is 2.47 bits per heavy atom. The third kappa shape index (κ3) is 5.05. The molecule has 0 radical (unpaired) electrons. The van der Waals surface area contributed by atoms with Gasteiger partial charge in [-0.25, -0.2) is 9.18 Å². The average molecular weight is 522 g/mol. The topological polar surface area (TPSA) is 55.4 Å². The highest BCUT2D eigenvalue weighted by molar-refractivity contribution is 6.31. The molecule has 1 unspecified atom stereocenters. The maximum atomic E-state index is 15.4. The Labute approximate surface area is 211 Å². The van der Waals surface area contributed by atoms with Crippen LogP contribution in [0.1, 0.15) is 56.2 Å². The van der Waals surface area contributed by atoms with E-state index in [1.165, 1.54) is 0 Å². The van der Waals surface area contributed by atoms with E-state index in [0.717, 1.165) is 0 Å². The Kier molecular flexibility index (Phi) is 6.77. The lowest BCUT2D eigenvalue weighted by molar-refractivity contribution is -0.140.